The number of carboxylic acid groups (broad SMARTS) is 1. The first-order valence-electron chi connectivity index (χ1n) is 7.08. The summed E-state index contributed by atoms with van der Waals surface area (Å²) in [4.78, 5) is 37.7. The van der Waals surface area contributed by atoms with Crippen molar-refractivity contribution in [2.75, 3.05) is 4.90 Å². The summed E-state index contributed by atoms with van der Waals surface area (Å²) in [5, 5.41) is 9.09. The van der Waals surface area contributed by atoms with Crippen molar-refractivity contribution in [3.63, 3.8) is 0 Å². The highest BCUT2D eigenvalue weighted by Gasteiger charge is 2.40. The zero-order valence-corrected chi connectivity index (χ0v) is 13.9. The van der Waals surface area contributed by atoms with Gasteiger partial charge in [-0.2, -0.15) is 0 Å². The number of anilines is 1. The molecule has 2 amide bonds. The van der Waals surface area contributed by atoms with Crippen LogP contribution in [0.15, 0.2) is 53.4 Å². The van der Waals surface area contributed by atoms with Crippen LogP contribution in [0.25, 0.3) is 0 Å². The number of amides is 2. The molecule has 1 aliphatic heterocycles. The molecule has 24 heavy (non-hydrogen) atoms. The molecule has 1 atom stereocenters. The molecule has 7 heteroatoms. The number of aromatic carboxylic acids is 1. The molecule has 1 N–H and O–H groups in total. The molecule has 3 rings (SSSR count). The molecular formula is C17H12ClNO4S. The Morgan fingerprint density at radius 2 is 1.79 bits per heavy atom. The van der Waals surface area contributed by atoms with E-state index in [9.17, 15) is 19.5 Å². The Hall–Kier alpha value is -2.31. The number of hydrogen-bond donors (Lipinski definition) is 1. The van der Waals surface area contributed by atoms with Gasteiger partial charge in [-0.1, -0.05) is 23.7 Å². The quantitative estimate of drug-likeness (QED) is 0.844. The van der Waals surface area contributed by atoms with Gasteiger partial charge in [-0.25, -0.2) is 9.69 Å². The zero-order chi connectivity index (χ0) is 17.3. The minimum atomic E-state index is -1.07. The maximum Gasteiger partial charge on any atom is 0.336 e. The van der Waals surface area contributed by atoms with Gasteiger partial charge in [-0.15, -0.1) is 11.8 Å². The van der Waals surface area contributed by atoms with Crippen molar-refractivity contribution in [3.05, 3.63) is 59.1 Å². The molecule has 0 unspecified atom stereocenters. The first-order valence-corrected chi connectivity index (χ1v) is 8.34. The van der Waals surface area contributed by atoms with Gasteiger partial charge in [-0.05, 0) is 36.4 Å². The summed E-state index contributed by atoms with van der Waals surface area (Å²) in [6.45, 7) is 0. The van der Waals surface area contributed by atoms with Crippen molar-refractivity contribution in [2.45, 2.75) is 16.6 Å². The van der Waals surface area contributed by atoms with Gasteiger partial charge in [0.2, 0.25) is 11.8 Å². The maximum absolute atomic E-state index is 12.6. The molecule has 0 radical (unpaired) electrons. The number of rotatable bonds is 4. The van der Waals surface area contributed by atoms with Crippen molar-refractivity contribution >= 4 is 46.8 Å². The van der Waals surface area contributed by atoms with Crippen LogP contribution >= 0.6 is 23.4 Å². The van der Waals surface area contributed by atoms with Crippen LogP contribution in [-0.2, 0) is 9.59 Å². The fourth-order valence-corrected chi connectivity index (χ4v) is 3.76. The number of imide groups is 1. The molecule has 1 heterocycles. The SMILES string of the molecule is O=C(O)c1ccccc1S[C@@H]1CC(=O)N(c2ccc(Cl)cc2)C1=O. The van der Waals surface area contributed by atoms with Crippen LogP contribution < -0.4 is 4.90 Å². The van der Waals surface area contributed by atoms with E-state index in [2.05, 4.69) is 0 Å². The highest BCUT2D eigenvalue weighted by atomic mass is 35.5. The largest absolute Gasteiger partial charge is 0.478 e. The molecule has 122 valence electrons. The third-order valence-electron chi connectivity index (χ3n) is 3.58. The van der Waals surface area contributed by atoms with E-state index in [0.29, 0.717) is 15.6 Å². The van der Waals surface area contributed by atoms with E-state index in [1.165, 1.54) is 6.07 Å². The molecule has 0 bridgehead atoms. The van der Waals surface area contributed by atoms with Crippen molar-refractivity contribution in [2.24, 2.45) is 0 Å². The molecule has 5 nitrogen and oxygen atoms in total. The summed E-state index contributed by atoms with van der Waals surface area (Å²) in [6.07, 6.45) is 0.0279. The van der Waals surface area contributed by atoms with E-state index >= 15 is 0 Å². The maximum atomic E-state index is 12.6. The predicted molar refractivity (Wildman–Crippen MR) is 91.6 cm³/mol. The first-order chi connectivity index (χ1) is 11.5. The normalized spacial score (nSPS) is 17.4. The van der Waals surface area contributed by atoms with Crippen LogP contribution in [0.1, 0.15) is 16.8 Å². The number of carboxylic acids is 1. The Bertz CT molecular complexity index is 822. The molecule has 1 aliphatic rings. The molecular weight excluding hydrogens is 350 g/mol. The highest BCUT2D eigenvalue weighted by Crippen LogP contribution is 2.35. The van der Waals surface area contributed by atoms with Crippen molar-refractivity contribution in [1.82, 2.24) is 0 Å². The number of hydrogen-bond acceptors (Lipinski definition) is 4. The lowest BCUT2D eigenvalue weighted by Gasteiger charge is -2.15. The Labute approximate surface area is 147 Å². The molecule has 0 spiro atoms. The number of carbonyl (C=O) groups is 3. The van der Waals surface area contributed by atoms with Crippen LogP contribution in [0.3, 0.4) is 0 Å². The molecule has 0 aliphatic carbocycles. The van der Waals surface area contributed by atoms with E-state index in [-0.39, 0.29) is 23.8 Å². The monoisotopic (exact) mass is 361 g/mol. The van der Waals surface area contributed by atoms with E-state index in [0.717, 1.165) is 16.7 Å². The standard InChI is InChI=1S/C17H12ClNO4S/c18-10-5-7-11(8-6-10)19-15(20)9-14(16(19)21)24-13-4-2-1-3-12(13)17(22)23/h1-8,14H,9H2,(H,22,23)/t14-/m1/s1. The van der Waals surface area contributed by atoms with Gasteiger partial charge >= 0.3 is 5.97 Å². The predicted octanol–water partition coefficient (Wildman–Crippen LogP) is 3.46. The van der Waals surface area contributed by atoms with E-state index in [1.54, 1.807) is 42.5 Å². The Morgan fingerprint density at radius 1 is 1.12 bits per heavy atom. The fourth-order valence-electron chi connectivity index (χ4n) is 2.46. The summed E-state index contributed by atoms with van der Waals surface area (Å²) in [6, 6.07) is 12.9. The lowest BCUT2D eigenvalue weighted by molar-refractivity contribution is -0.121. The van der Waals surface area contributed by atoms with Crippen molar-refractivity contribution in [3.8, 4) is 0 Å². The van der Waals surface area contributed by atoms with Crippen LogP contribution in [0.2, 0.25) is 5.02 Å². The highest BCUT2D eigenvalue weighted by molar-refractivity contribution is 8.00. The van der Waals surface area contributed by atoms with Gasteiger partial charge < -0.3 is 5.11 Å². The molecule has 2 aromatic rings. The van der Waals surface area contributed by atoms with Gasteiger partial charge in [0.15, 0.2) is 0 Å². The lowest BCUT2D eigenvalue weighted by Crippen LogP contribution is -2.31. The topological polar surface area (TPSA) is 74.7 Å². The number of halogens is 1. The van der Waals surface area contributed by atoms with Gasteiger partial charge in [-0.3, -0.25) is 9.59 Å². The van der Waals surface area contributed by atoms with Gasteiger partial charge in [0.05, 0.1) is 16.5 Å². The van der Waals surface area contributed by atoms with Crippen molar-refractivity contribution in [1.29, 1.82) is 0 Å². The molecule has 2 aromatic carbocycles. The van der Waals surface area contributed by atoms with Gasteiger partial charge in [0, 0.05) is 16.3 Å². The fraction of sp³-hybridized carbons (Fsp3) is 0.118. The van der Waals surface area contributed by atoms with Crippen LogP contribution in [-0.4, -0.2) is 28.1 Å². The zero-order valence-electron chi connectivity index (χ0n) is 12.3. The molecule has 1 fully saturated rings. The Morgan fingerprint density at radius 3 is 2.46 bits per heavy atom. The second-order valence-corrected chi connectivity index (χ2v) is 6.84. The van der Waals surface area contributed by atoms with Crippen molar-refractivity contribution < 1.29 is 19.5 Å². The van der Waals surface area contributed by atoms with Crippen LogP contribution in [0, 0.1) is 0 Å². The average Bonchev–Trinajstić information content (AvgIpc) is 2.83. The first kappa shape index (κ1) is 16.5. The molecule has 0 saturated carbocycles. The molecule has 0 aromatic heterocycles. The summed E-state index contributed by atoms with van der Waals surface area (Å²) < 4.78 is 0. The summed E-state index contributed by atoms with van der Waals surface area (Å²) in [5.74, 6) is -1.73. The minimum Gasteiger partial charge on any atom is -0.478 e. The number of thioether (sulfide) groups is 1. The van der Waals surface area contributed by atoms with Crippen LogP contribution in [0.5, 0.6) is 0 Å². The second-order valence-electron chi connectivity index (χ2n) is 5.16. The summed E-state index contributed by atoms with van der Waals surface area (Å²) >= 11 is 6.93. The number of benzene rings is 2. The van der Waals surface area contributed by atoms with Gasteiger partial charge in [0.25, 0.3) is 0 Å². The van der Waals surface area contributed by atoms with E-state index in [1.807, 2.05) is 0 Å². The smallest absolute Gasteiger partial charge is 0.336 e. The Balaban J connectivity index is 1.85. The van der Waals surface area contributed by atoms with E-state index in [4.69, 9.17) is 11.6 Å². The van der Waals surface area contributed by atoms with Gasteiger partial charge in [0.1, 0.15) is 0 Å². The Kier molecular flexibility index (Phi) is 4.59. The summed E-state index contributed by atoms with van der Waals surface area (Å²) in [7, 11) is 0. The number of carbonyl (C=O) groups excluding carboxylic acids is 2. The molecule has 1 saturated heterocycles. The average molecular weight is 362 g/mol. The van der Waals surface area contributed by atoms with Crippen LogP contribution in [0.4, 0.5) is 5.69 Å². The van der Waals surface area contributed by atoms with E-state index < -0.39 is 11.2 Å². The minimum absolute atomic E-state index is 0.0279. The third kappa shape index (κ3) is 3.16. The second kappa shape index (κ2) is 6.67. The number of nitrogens with zero attached hydrogens (tertiary/aromatic N) is 1. The lowest BCUT2D eigenvalue weighted by atomic mass is 10.2. The summed E-state index contributed by atoms with van der Waals surface area (Å²) in [5.41, 5.74) is 0.580. The third-order valence-corrected chi connectivity index (χ3v) is 5.09.